The van der Waals surface area contributed by atoms with Crippen molar-refractivity contribution in [2.75, 3.05) is 19.0 Å². The number of benzene rings is 1. The van der Waals surface area contributed by atoms with E-state index >= 15 is 0 Å². The van der Waals surface area contributed by atoms with Gasteiger partial charge in [-0.05, 0) is 43.0 Å². The molecule has 2 aromatic rings. The van der Waals surface area contributed by atoms with E-state index in [1.165, 1.54) is 7.11 Å². The molecule has 0 radical (unpaired) electrons. The average molecular weight is 369 g/mol. The molecule has 2 unspecified atom stereocenters. The molecule has 8 nitrogen and oxygen atoms in total. The number of carbonyl (C=O) groups excluding carboxylic acids is 1. The molecule has 0 aliphatic rings. The summed E-state index contributed by atoms with van der Waals surface area (Å²) in [5.74, 6) is 1.06. The zero-order chi connectivity index (χ0) is 19.8. The molecular formula is C19H23N5O3. The van der Waals surface area contributed by atoms with Crippen molar-refractivity contribution in [3.63, 3.8) is 0 Å². The van der Waals surface area contributed by atoms with E-state index in [0.717, 1.165) is 12.0 Å². The van der Waals surface area contributed by atoms with Gasteiger partial charge in [0.25, 0.3) is 0 Å². The molecule has 0 spiro atoms. The Morgan fingerprint density at radius 2 is 2.11 bits per heavy atom. The fourth-order valence-electron chi connectivity index (χ4n) is 2.60. The predicted octanol–water partition coefficient (Wildman–Crippen LogP) is 2.95. The monoisotopic (exact) mass is 369 g/mol. The van der Waals surface area contributed by atoms with Gasteiger partial charge in [0.15, 0.2) is 5.82 Å². The SMILES string of the molecule is COC(=O)Nc1cc(-c2ccc(OCC(C)CC(C)N)c(C#N)c2)cnn1. The lowest BCUT2D eigenvalue weighted by molar-refractivity contribution is 0.187. The Bertz CT molecular complexity index is 832. The summed E-state index contributed by atoms with van der Waals surface area (Å²) >= 11 is 0. The second kappa shape index (κ2) is 9.50. The molecule has 2 atom stereocenters. The lowest BCUT2D eigenvalue weighted by Crippen LogP contribution is -2.21. The molecule has 0 aliphatic heterocycles. The van der Waals surface area contributed by atoms with Crippen LogP contribution in [-0.2, 0) is 4.74 Å². The topological polar surface area (TPSA) is 123 Å². The zero-order valence-electron chi connectivity index (χ0n) is 15.6. The Hall–Kier alpha value is -3.18. The zero-order valence-corrected chi connectivity index (χ0v) is 15.6. The fraction of sp³-hybridized carbons (Fsp3) is 0.368. The number of carbonyl (C=O) groups is 1. The van der Waals surface area contributed by atoms with Gasteiger partial charge in [-0.25, -0.2) is 4.79 Å². The van der Waals surface area contributed by atoms with E-state index in [1.807, 2.05) is 13.0 Å². The summed E-state index contributed by atoms with van der Waals surface area (Å²) in [7, 11) is 1.26. The van der Waals surface area contributed by atoms with Crippen molar-refractivity contribution in [1.29, 1.82) is 5.26 Å². The number of rotatable bonds is 7. The number of aromatic nitrogens is 2. The lowest BCUT2D eigenvalue weighted by Gasteiger charge is -2.16. The van der Waals surface area contributed by atoms with Crippen molar-refractivity contribution in [2.45, 2.75) is 26.3 Å². The third kappa shape index (κ3) is 5.94. The first kappa shape index (κ1) is 20.1. The molecule has 1 amide bonds. The highest BCUT2D eigenvalue weighted by atomic mass is 16.5. The molecule has 1 heterocycles. The summed E-state index contributed by atoms with van der Waals surface area (Å²) in [4.78, 5) is 11.3. The largest absolute Gasteiger partial charge is 0.492 e. The Balaban J connectivity index is 2.17. The van der Waals surface area contributed by atoms with Crippen molar-refractivity contribution in [3.05, 3.63) is 36.0 Å². The number of nitrogens with one attached hydrogen (secondary N) is 1. The van der Waals surface area contributed by atoms with Gasteiger partial charge >= 0.3 is 6.09 Å². The van der Waals surface area contributed by atoms with Gasteiger partial charge in [0.1, 0.15) is 11.8 Å². The summed E-state index contributed by atoms with van der Waals surface area (Å²) in [6.45, 7) is 4.50. The highest BCUT2D eigenvalue weighted by molar-refractivity contribution is 5.84. The first-order valence-electron chi connectivity index (χ1n) is 8.53. The van der Waals surface area contributed by atoms with Crippen LogP contribution in [0.2, 0.25) is 0 Å². The Kier molecular flexibility index (Phi) is 7.08. The van der Waals surface area contributed by atoms with E-state index < -0.39 is 6.09 Å². The minimum absolute atomic E-state index is 0.105. The van der Waals surface area contributed by atoms with Gasteiger partial charge in [0.05, 0.1) is 25.5 Å². The van der Waals surface area contributed by atoms with Crippen LogP contribution in [0, 0.1) is 17.2 Å². The third-order valence-electron chi connectivity index (χ3n) is 3.80. The number of anilines is 1. The normalized spacial score (nSPS) is 12.6. The molecule has 2 rings (SSSR count). The number of hydrogen-bond donors (Lipinski definition) is 2. The Labute approximate surface area is 158 Å². The van der Waals surface area contributed by atoms with Gasteiger partial charge in [-0.3, -0.25) is 5.32 Å². The van der Waals surface area contributed by atoms with Crippen LogP contribution < -0.4 is 15.8 Å². The van der Waals surface area contributed by atoms with E-state index in [9.17, 15) is 10.1 Å². The van der Waals surface area contributed by atoms with Gasteiger partial charge in [-0.1, -0.05) is 13.0 Å². The van der Waals surface area contributed by atoms with Crippen LogP contribution in [0.15, 0.2) is 30.5 Å². The molecular weight excluding hydrogens is 346 g/mol. The van der Waals surface area contributed by atoms with E-state index in [4.69, 9.17) is 10.5 Å². The van der Waals surface area contributed by atoms with Crippen molar-refractivity contribution in [3.8, 4) is 22.9 Å². The smallest absolute Gasteiger partial charge is 0.412 e. The molecule has 0 aliphatic carbocycles. The number of nitriles is 1. The first-order chi connectivity index (χ1) is 12.9. The number of hydrogen-bond acceptors (Lipinski definition) is 7. The van der Waals surface area contributed by atoms with Crippen LogP contribution in [0.25, 0.3) is 11.1 Å². The van der Waals surface area contributed by atoms with E-state index in [2.05, 4.69) is 33.2 Å². The van der Waals surface area contributed by atoms with Crippen LogP contribution in [0.5, 0.6) is 5.75 Å². The highest BCUT2D eigenvalue weighted by Gasteiger charge is 2.11. The number of ether oxygens (including phenoxy) is 2. The maximum absolute atomic E-state index is 11.3. The quantitative estimate of drug-likeness (QED) is 0.769. The minimum atomic E-state index is -0.635. The summed E-state index contributed by atoms with van der Waals surface area (Å²) in [5.41, 5.74) is 7.67. The van der Waals surface area contributed by atoms with Gasteiger partial charge in [-0.15, -0.1) is 5.10 Å². The number of nitrogens with zero attached hydrogens (tertiary/aromatic N) is 3. The van der Waals surface area contributed by atoms with Crippen molar-refractivity contribution >= 4 is 11.9 Å². The van der Waals surface area contributed by atoms with Gasteiger partial charge < -0.3 is 15.2 Å². The van der Waals surface area contributed by atoms with E-state index in [1.54, 1.807) is 24.4 Å². The summed E-state index contributed by atoms with van der Waals surface area (Å²) in [6, 6.07) is 9.19. The molecule has 0 saturated heterocycles. The highest BCUT2D eigenvalue weighted by Crippen LogP contribution is 2.27. The second-order valence-electron chi connectivity index (χ2n) is 6.40. The third-order valence-corrected chi connectivity index (χ3v) is 3.80. The molecule has 0 bridgehead atoms. The summed E-state index contributed by atoms with van der Waals surface area (Å²) in [5, 5.41) is 19.6. The number of nitrogens with two attached hydrogens (primary N) is 1. The molecule has 0 fully saturated rings. The van der Waals surface area contributed by atoms with Crippen molar-refractivity contribution in [1.82, 2.24) is 10.2 Å². The van der Waals surface area contributed by atoms with E-state index in [-0.39, 0.29) is 17.8 Å². The molecule has 0 saturated carbocycles. The fourth-order valence-corrected chi connectivity index (χ4v) is 2.60. The van der Waals surface area contributed by atoms with Crippen LogP contribution in [0.1, 0.15) is 25.8 Å². The lowest BCUT2D eigenvalue weighted by atomic mass is 10.0. The standard InChI is InChI=1S/C19H23N5O3/c1-12(6-13(2)21)11-27-17-5-4-14(7-15(17)9-20)16-8-18(24-22-10-16)23-19(25)26-3/h4-5,7-8,10,12-13H,6,11,21H2,1-3H3,(H,23,24,25). The molecule has 27 heavy (non-hydrogen) atoms. The molecule has 1 aromatic carbocycles. The Morgan fingerprint density at radius 1 is 1.33 bits per heavy atom. The average Bonchev–Trinajstić information content (AvgIpc) is 2.65. The molecule has 8 heteroatoms. The van der Waals surface area contributed by atoms with Crippen LogP contribution in [0.3, 0.4) is 0 Å². The van der Waals surface area contributed by atoms with Crippen LogP contribution >= 0.6 is 0 Å². The van der Waals surface area contributed by atoms with Crippen LogP contribution in [-0.4, -0.2) is 36.0 Å². The maximum Gasteiger partial charge on any atom is 0.412 e. The predicted molar refractivity (Wildman–Crippen MR) is 101 cm³/mol. The summed E-state index contributed by atoms with van der Waals surface area (Å²) < 4.78 is 10.3. The van der Waals surface area contributed by atoms with Crippen molar-refractivity contribution in [2.24, 2.45) is 11.7 Å². The molecule has 142 valence electrons. The van der Waals surface area contributed by atoms with Gasteiger partial charge in [0, 0.05) is 11.6 Å². The molecule has 3 N–H and O–H groups in total. The number of amides is 1. The van der Waals surface area contributed by atoms with Crippen LogP contribution in [0.4, 0.5) is 10.6 Å². The van der Waals surface area contributed by atoms with E-state index in [0.29, 0.717) is 23.5 Å². The minimum Gasteiger partial charge on any atom is -0.492 e. The summed E-state index contributed by atoms with van der Waals surface area (Å²) in [6.07, 6.45) is 1.76. The van der Waals surface area contributed by atoms with Crippen molar-refractivity contribution < 1.29 is 14.3 Å². The van der Waals surface area contributed by atoms with Gasteiger partial charge in [-0.2, -0.15) is 10.4 Å². The maximum atomic E-state index is 11.3. The van der Waals surface area contributed by atoms with Gasteiger partial charge in [0.2, 0.25) is 0 Å². The Morgan fingerprint density at radius 3 is 2.78 bits per heavy atom. The number of methoxy groups -OCH3 is 1. The first-order valence-corrected chi connectivity index (χ1v) is 8.53. The molecule has 1 aromatic heterocycles. The second-order valence-corrected chi connectivity index (χ2v) is 6.40.